The molecule has 1 heterocycles. The van der Waals surface area contributed by atoms with Gasteiger partial charge in [0.2, 0.25) is 5.91 Å². The van der Waals surface area contributed by atoms with Crippen molar-refractivity contribution in [2.24, 2.45) is 17.1 Å². The van der Waals surface area contributed by atoms with Crippen molar-refractivity contribution in [3.63, 3.8) is 0 Å². The fraction of sp³-hybridized carbons (Fsp3) is 0.846. The predicted molar refractivity (Wildman–Crippen MR) is 66.7 cm³/mol. The molecule has 0 bridgehead atoms. The summed E-state index contributed by atoms with van der Waals surface area (Å²) in [6.45, 7) is 4.00. The van der Waals surface area contributed by atoms with E-state index in [9.17, 15) is 9.59 Å². The molecule has 0 atom stereocenters. The number of amides is 1. The zero-order chi connectivity index (χ0) is 13.2. The maximum atomic E-state index is 12.2. The Morgan fingerprint density at radius 1 is 1.33 bits per heavy atom. The Labute approximate surface area is 108 Å². The van der Waals surface area contributed by atoms with Crippen molar-refractivity contribution in [2.75, 3.05) is 26.2 Å². The van der Waals surface area contributed by atoms with Crippen LogP contribution in [-0.4, -0.2) is 43.0 Å². The minimum atomic E-state index is -0.267. The van der Waals surface area contributed by atoms with Crippen molar-refractivity contribution in [1.29, 1.82) is 0 Å². The van der Waals surface area contributed by atoms with E-state index < -0.39 is 0 Å². The molecular formula is C13H22N2O3. The minimum absolute atomic E-state index is 0.0398. The molecule has 2 fully saturated rings. The van der Waals surface area contributed by atoms with Gasteiger partial charge in [-0.25, -0.2) is 0 Å². The number of piperidine rings is 1. The highest BCUT2D eigenvalue weighted by molar-refractivity contribution is 5.86. The summed E-state index contributed by atoms with van der Waals surface area (Å²) in [4.78, 5) is 25.7. The van der Waals surface area contributed by atoms with Gasteiger partial charge < -0.3 is 15.4 Å². The SMILES string of the molecule is CCOC(=O)C1CCN(C(=O)C2(CN)CC2)CC1. The molecule has 102 valence electrons. The topological polar surface area (TPSA) is 72.6 Å². The molecule has 2 rings (SSSR count). The summed E-state index contributed by atoms with van der Waals surface area (Å²) in [5, 5.41) is 0. The summed E-state index contributed by atoms with van der Waals surface area (Å²) in [6.07, 6.45) is 3.26. The third-order valence-corrected chi connectivity index (χ3v) is 4.10. The van der Waals surface area contributed by atoms with E-state index in [1.807, 2.05) is 11.8 Å². The van der Waals surface area contributed by atoms with Gasteiger partial charge in [0.1, 0.15) is 0 Å². The van der Waals surface area contributed by atoms with E-state index in [1.54, 1.807) is 0 Å². The van der Waals surface area contributed by atoms with Crippen LogP contribution < -0.4 is 5.73 Å². The van der Waals surface area contributed by atoms with Crippen molar-refractivity contribution >= 4 is 11.9 Å². The van der Waals surface area contributed by atoms with Gasteiger partial charge >= 0.3 is 5.97 Å². The van der Waals surface area contributed by atoms with Crippen LogP contribution >= 0.6 is 0 Å². The number of nitrogens with two attached hydrogens (primary N) is 1. The van der Waals surface area contributed by atoms with Crippen LogP contribution in [0.5, 0.6) is 0 Å². The van der Waals surface area contributed by atoms with Gasteiger partial charge in [0.05, 0.1) is 17.9 Å². The summed E-state index contributed by atoms with van der Waals surface area (Å²) >= 11 is 0. The fourth-order valence-corrected chi connectivity index (χ4v) is 2.57. The number of carbonyl (C=O) groups is 2. The lowest BCUT2D eigenvalue weighted by atomic mass is 9.95. The van der Waals surface area contributed by atoms with Crippen LogP contribution in [0.4, 0.5) is 0 Å². The van der Waals surface area contributed by atoms with E-state index in [2.05, 4.69) is 0 Å². The standard InChI is InChI=1S/C13H22N2O3/c1-2-18-11(16)10-3-7-15(8-4-10)12(17)13(9-14)5-6-13/h10H,2-9,14H2,1H3. The highest BCUT2D eigenvalue weighted by Gasteiger charge is 2.50. The largest absolute Gasteiger partial charge is 0.466 e. The second-order valence-corrected chi connectivity index (χ2v) is 5.30. The summed E-state index contributed by atoms with van der Waals surface area (Å²) in [7, 11) is 0. The molecule has 1 aliphatic carbocycles. The lowest BCUT2D eigenvalue weighted by molar-refractivity contribution is -0.152. The van der Waals surface area contributed by atoms with Gasteiger partial charge in [-0.15, -0.1) is 0 Å². The number of carbonyl (C=O) groups excluding carboxylic acids is 2. The quantitative estimate of drug-likeness (QED) is 0.743. The molecule has 2 N–H and O–H groups in total. The summed E-state index contributed by atoms with van der Waals surface area (Å²) in [5.74, 6) is 0.0268. The first kappa shape index (κ1) is 13.3. The lowest BCUT2D eigenvalue weighted by Crippen LogP contribution is -2.45. The second kappa shape index (κ2) is 5.26. The van der Waals surface area contributed by atoms with E-state index >= 15 is 0 Å². The number of hydrogen-bond acceptors (Lipinski definition) is 4. The van der Waals surface area contributed by atoms with Crippen molar-refractivity contribution in [3.8, 4) is 0 Å². The average Bonchev–Trinajstić information content (AvgIpc) is 3.19. The van der Waals surface area contributed by atoms with E-state index in [0.29, 0.717) is 39.1 Å². The van der Waals surface area contributed by atoms with E-state index in [0.717, 1.165) is 12.8 Å². The molecule has 0 spiro atoms. The highest BCUT2D eigenvalue weighted by atomic mass is 16.5. The molecule has 18 heavy (non-hydrogen) atoms. The Morgan fingerprint density at radius 2 is 1.94 bits per heavy atom. The number of ether oxygens (including phenoxy) is 1. The molecular weight excluding hydrogens is 232 g/mol. The summed E-state index contributed by atoms with van der Waals surface area (Å²) in [6, 6.07) is 0. The fourth-order valence-electron chi connectivity index (χ4n) is 2.57. The molecule has 1 saturated carbocycles. The Bertz CT molecular complexity index is 331. The van der Waals surface area contributed by atoms with Gasteiger partial charge in [-0.05, 0) is 32.6 Å². The molecule has 0 aromatic carbocycles. The van der Waals surface area contributed by atoms with Crippen LogP contribution in [0, 0.1) is 11.3 Å². The monoisotopic (exact) mass is 254 g/mol. The maximum absolute atomic E-state index is 12.2. The number of likely N-dealkylation sites (tertiary alicyclic amines) is 1. The first-order valence-electron chi connectivity index (χ1n) is 6.79. The van der Waals surface area contributed by atoms with Crippen molar-refractivity contribution in [2.45, 2.75) is 32.6 Å². The van der Waals surface area contributed by atoms with Crippen LogP contribution in [0.15, 0.2) is 0 Å². The van der Waals surface area contributed by atoms with Crippen LogP contribution in [0.25, 0.3) is 0 Å². The van der Waals surface area contributed by atoms with E-state index in [1.165, 1.54) is 0 Å². The molecule has 1 amide bonds. The number of esters is 1. The van der Waals surface area contributed by atoms with Crippen LogP contribution in [0.1, 0.15) is 32.6 Å². The first-order valence-corrected chi connectivity index (χ1v) is 6.79. The molecule has 0 unspecified atom stereocenters. The van der Waals surface area contributed by atoms with Gasteiger partial charge in [-0.2, -0.15) is 0 Å². The Morgan fingerprint density at radius 3 is 2.39 bits per heavy atom. The highest BCUT2D eigenvalue weighted by Crippen LogP contribution is 2.46. The second-order valence-electron chi connectivity index (χ2n) is 5.30. The maximum Gasteiger partial charge on any atom is 0.309 e. The molecule has 5 nitrogen and oxygen atoms in total. The van der Waals surface area contributed by atoms with E-state index in [4.69, 9.17) is 10.5 Å². The van der Waals surface area contributed by atoms with Gasteiger partial charge in [0.15, 0.2) is 0 Å². The molecule has 0 aromatic heterocycles. The van der Waals surface area contributed by atoms with Crippen LogP contribution in [0.3, 0.4) is 0 Å². The number of hydrogen-bond donors (Lipinski definition) is 1. The average molecular weight is 254 g/mol. The smallest absolute Gasteiger partial charge is 0.309 e. The minimum Gasteiger partial charge on any atom is -0.466 e. The molecule has 0 aromatic rings. The van der Waals surface area contributed by atoms with Crippen molar-refractivity contribution < 1.29 is 14.3 Å². The molecule has 2 aliphatic rings. The number of nitrogens with zero attached hydrogens (tertiary/aromatic N) is 1. The molecule has 0 radical (unpaired) electrons. The van der Waals surface area contributed by atoms with Gasteiger partial charge in [-0.1, -0.05) is 0 Å². The Balaban J connectivity index is 1.83. The van der Waals surface area contributed by atoms with Gasteiger partial charge in [0, 0.05) is 19.6 Å². The normalized spacial score (nSPS) is 22.7. The molecule has 1 saturated heterocycles. The van der Waals surface area contributed by atoms with Crippen molar-refractivity contribution in [3.05, 3.63) is 0 Å². The lowest BCUT2D eigenvalue weighted by Gasteiger charge is -2.33. The zero-order valence-corrected chi connectivity index (χ0v) is 11.0. The Kier molecular flexibility index (Phi) is 3.90. The third kappa shape index (κ3) is 2.51. The Hall–Kier alpha value is -1.10. The van der Waals surface area contributed by atoms with Crippen LogP contribution in [-0.2, 0) is 14.3 Å². The summed E-state index contributed by atoms with van der Waals surface area (Å²) in [5.41, 5.74) is 5.40. The molecule has 5 heteroatoms. The van der Waals surface area contributed by atoms with Gasteiger partial charge in [-0.3, -0.25) is 9.59 Å². The number of rotatable bonds is 4. The first-order chi connectivity index (χ1) is 8.63. The zero-order valence-electron chi connectivity index (χ0n) is 11.0. The van der Waals surface area contributed by atoms with Crippen molar-refractivity contribution in [1.82, 2.24) is 4.90 Å². The van der Waals surface area contributed by atoms with Crippen LogP contribution in [0.2, 0.25) is 0 Å². The summed E-state index contributed by atoms with van der Waals surface area (Å²) < 4.78 is 5.02. The van der Waals surface area contributed by atoms with Gasteiger partial charge in [0.25, 0.3) is 0 Å². The predicted octanol–water partition coefficient (Wildman–Crippen LogP) is 0.527. The molecule has 1 aliphatic heterocycles. The van der Waals surface area contributed by atoms with E-state index in [-0.39, 0.29) is 23.2 Å². The third-order valence-electron chi connectivity index (χ3n) is 4.10.